The van der Waals surface area contributed by atoms with Gasteiger partial charge in [0.2, 0.25) is 0 Å². The summed E-state index contributed by atoms with van der Waals surface area (Å²) in [6.07, 6.45) is 11.3. The lowest BCUT2D eigenvalue weighted by Gasteiger charge is -2.43. The van der Waals surface area contributed by atoms with Crippen molar-refractivity contribution in [2.75, 3.05) is 6.54 Å². The Morgan fingerprint density at radius 3 is 2.26 bits per heavy atom. The third-order valence-corrected chi connectivity index (χ3v) is 5.40. The van der Waals surface area contributed by atoms with E-state index in [-0.39, 0.29) is 6.42 Å². The summed E-state index contributed by atoms with van der Waals surface area (Å²) in [6, 6.07) is 1.08. The molecule has 0 unspecified atom stereocenters. The predicted octanol–water partition coefficient (Wildman–Crippen LogP) is 3.67. The van der Waals surface area contributed by atoms with Gasteiger partial charge in [0.05, 0.1) is 6.42 Å². The van der Waals surface area contributed by atoms with Gasteiger partial charge in [0.15, 0.2) is 0 Å². The van der Waals surface area contributed by atoms with E-state index in [1.54, 1.807) is 0 Å². The van der Waals surface area contributed by atoms with Crippen LogP contribution >= 0.6 is 0 Å². The number of nitrogens with zero attached hydrogens (tertiary/aromatic N) is 1. The molecule has 0 aromatic heterocycles. The molecule has 0 atom stereocenters. The number of carboxylic acids is 1. The van der Waals surface area contributed by atoms with E-state index in [4.69, 9.17) is 5.11 Å². The summed E-state index contributed by atoms with van der Waals surface area (Å²) >= 11 is 0. The van der Waals surface area contributed by atoms with Gasteiger partial charge >= 0.3 is 5.97 Å². The summed E-state index contributed by atoms with van der Waals surface area (Å²) in [4.78, 5) is 13.2. The van der Waals surface area contributed by atoms with E-state index in [9.17, 15) is 4.79 Å². The van der Waals surface area contributed by atoms with Crippen LogP contribution < -0.4 is 0 Å². The molecule has 0 aromatic carbocycles. The minimum absolute atomic E-state index is 0.278. The van der Waals surface area contributed by atoms with Crippen LogP contribution in [0.15, 0.2) is 0 Å². The van der Waals surface area contributed by atoms with Crippen molar-refractivity contribution >= 4 is 5.97 Å². The van der Waals surface area contributed by atoms with Gasteiger partial charge in [-0.25, -0.2) is 0 Å². The van der Waals surface area contributed by atoms with Crippen molar-refractivity contribution in [3.63, 3.8) is 0 Å². The summed E-state index contributed by atoms with van der Waals surface area (Å²) < 4.78 is 0. The molecule has 1 spiro atoms. The first-order valence-corrected chi connectivity index (χ1v) is 8.00. The Bertz CT molecular complexity index is 298. The van der Waals surface area contributed by atoms with Crippen LogP contribution in [0.1, 0.15) is 71.6 Å². The zero-order valence-corrected chi connectivity index (χ0v) is 12.5. The van der Waals surface area contributed by atoms with Crippen LogP contribution in [0.5, 0.6) is 0 Å². The fourth-order valence-corrected chi connectivity index (χ4v) is 4.26. The lowest BCUT2D eigenvalue weighted by molar-refractivity contribution is -0.137. The quantitative estimate of drug-likeness (QED) is 0.826. The lowest BCUT2D eigenvalue weighted by atomic mass is 9.71. The highest BCUT2D eigenvalue weighted by Crippen LogP contribution is 2.49. The van der Waals surface area contributed by atoms with Gasteiger partial charge in [-0.05, 0) is 57.8 Å². The first kappa shape index (κ1) is 14.8. The van der Waals surface area contributed by atoms with Crippen molar-refractivity contribution in [1.82, 2.24) is 4.90 Å². The Morgan fingerprint density at radius 1 is 1.21 bits per heavy atom. The van der Waals surface area contributed by atoms with Gasteiger partial charge in [-0.2, -0.15) is 0 Å². The molecule has 0 aromatic rings. The third kappa shape index (κ3) is 3.71. The minimum atomic E-state index is -0.672. The number of hydrogen-bond acceptors (Lipinski definition) is 2. The summed E-state index contributed by atoms with van der Waals surface area (Å²) in [6.45, 7) is 5.11. The predicted molar refractivity (Wildman–Crippen MR) is 77.3 cm³/mol. The Hall–Kier alpha value is -0.570. The number of carboxylic acid groups (broad SMARTS) is 1. The summed E-state index contributed by atoms with van der Waals surface area (Å²) in [5, 5.41) is 8.88. The number of hydrogen-bond donors (Lipinski definition) is 1. The Kier molecular flexibility index (Phi) is 4.88. The molecule has 2 aliphatic carbocycles. The zero-order valence-electron chi connectivity index (χ0n) is 12.5. The molecule has 1 N–H and O–H groups in total. The summed E-state index contributed by atoms with van der Waals surface area (Å²) in [5.74, 6) is -0.672. The van der Waals surface area contributed by atoms with E-state index in [1.165, 1.54) is 51.4 Å². The second-order valence-electron chi connectivity index (χ2n) is 6.91. The summed E-state index contributed by atoms with van der Waals surface area (Å²) in [5.41, 5.74) is 0.673. The van der Waals surface area contributed by atoms with E-state index in [0.29, 0.717) is 24.0 Å². The molecule has 2 aliphatic rings. The molecule has 2 saturated carbocycles. The molecule has 110 valence electrons. The standard InChI is InChI=1S/C16H29NO2/c1-13(2)17(12-7-15(18)19)14-5-10-16(11-6-14)8-3-4-9-16/h13-14H,3-12H2,1-2H3,(H,18,19). The highest BCUT2D eigenvalue weighted by atomic mass is 16.4. The molecule has 3 nitrogen and oxygen atoms in total. The van der Waals surface area contributed by atoms with Crippen molar-refractivity contribution < 1.29 is 9.90 Å². The van der Waals surface area contributed by atoms with Gasteiger partial charge in [0.1, 0.15) is 0 Å². The van der Waals surface area contributed by atoms with Crippen molar-refractivity contribution in [2.24, 2.45) is 5.41 Å². The smallest absolute Gasteiger partial charge is 0.304 e. The average Bonchev–Trinajstić information content (AvgIpc) is 2.80. The van der Waals surface area contributed by atoms with Gasteiger partial charge in [-0.1, -0.05) is 12.8 Å². The number of aliphatic carboxylic acids is 1. The fourth-order valence-electron chi connectivity index (χ4n) is 4.26. The van der Waals surface area contributed by atoms with Crippen LogP contribution in [-0.4, -0.2) is 34.6 Å². The normalized spacial score (nSPS) is 23.6. The second-order valence-corrected chi connectivity index (χ2v) is 6.91. The summed E-state index contributed by atoms with van der Waals surface area (Å²) in [7, 11) is 0. The lowest BCUT2D eigenvalue weighted by Crippen LogP contribution is -2.45. The van der Waals surface area contributed by atoms with Gasteiger partial charge in [-0.3, -0.25) is 9.69 Å². The second kappa shape index (κ2) is 6.25. The molecule has 0 saturated heterocycles. The molecule has 0 amide bonds. The molecular formula is C16H29NO2. The van der Waals surface area contributed by atoms with Gasteiger partial charge in [-0.15, -0.1) is 0 Å². The van der Waals surface area contributed by atoms with Crippen molar-refractivity contribution in [2.45, 2.75) is 83.7 Å². The van der Waals surface area contributed by atoms with Crippen LogP contribution in [0.2, 0.25) is 0 Å². The molecule has 0 radical (unpaired) electrons. The largest absolute Gasteiger partial charge is 0.481 e. The Morgan fingerprint density at radius 2 is 1.79 bits per heavy atom. The van der Waals surface area contributed by atoms with Crippen molar-refractivity contribution in [1.29, 1.82) is 0 Å². The SMILES string of the molecule is CC(C)N(CCC(=O)O)C1CCC2(CCCC2)CC1. The topological polar surface area (TPSA) is 40.5 Å². The average molecular weight is 267 g/mol. The molecule has 2 rings (SSSR count). The van der Waals surface area contributed by atoms with E-state index in [1.807, 2.05) is 0 Å². The van der Waals surface area contributed by atoms with Crippen molar-refractivity contribution in [3.05, 3.63) is 0 Å². The Balaban J connectivity index is 1.87. The van der Waals surface area contributed by atoms with Crippen molar-refractivity contribution in [3.8, 4) is 0 Å². The molecule has 0 heterocycles. The highest BCUT2D eigenvalue weighted by Gasteiger charge is 2.39. The van der Waals surface area contributed by atoms with Gasteiger partial charge in [0.25, 0.3) is 0 Å². The maximum atomic E-state index is 10.8. The van der Waals surface area contributed by atoms with Crippen LogP contribution in [-0.2, 0) is 4.79 Å². The van der Waals surface area contributed by atoms with E-state index in [0.717, 1.165) is 0 Å². The van der Waals surface area contributed by atoms with Crippen LogP contribution in [0, 0.1) is 5.41 Å². The minimum Gasteiger partial charge on any atom is -0.481 e. The molecule has 19 heavy (non-hydrogen) atoms. The van der Waals surface area contributed by atoms with Gasteiger partial charge in [0, 0.05) is 18.6 Å². The van der Waals surface area contributed by atoms with E-state index < -0.39 is 5.97 Å². The fraction of sp³-hybridized carbons (Fsp3) is 0.938. The molecule has 0 aliphatic heterocycles. The van der Waals surface area contributed by atoms with Crippen LogP contribution in [0.3, 0.4) is 0 Å². The van der Waals surface area contributed by atoms with E-state index in [2.05, 4.69) is 18.7 Å². The number of rotatable bonds is 5. The zero-order chi connectivity index (χ0) is 13.9. The molecule has 3 heteroatoms. The van der Waals surface area contributed by atoms with Crippen LogP contribution in [0.4, 0.5) is 0 Å². The van der Waals surface area contributed by atoms with Crippen LogP contribution in [0.25, 0.3) is 0 Å². The first-order chi connectivity index (χ1) is 9.02. The Labute approximate surface area is 117 Å². The maximum absolute atomic E-state index is 10.8. The number of carbonyl (C=O) groups is 1. The van der Waals surface area contributed by atoms with E-state index >= 15 is 0 Å². The molecule has 0 bridgehead atoms. The third-order valence-electron chi connectivity index (χ3n) is 5.40. The monoisotopic (exact) mass is 267 g/mol. The maximum Gasteiger partial charge on any atom is 0.304 e. The van der Waals surface area contributed by atoms with Gasteiger partial charge < -0.3 is 5.11 Å². The molecular weight excluding hydrogens is 238 g/mol. The molecule has 2 fully saturated rings. The first-order valence-electron chi connectivity index (χ1n) is 8.00. The highest BCUT2D eigenvalue weighted by molar-refractivity contribution is 5.66.